The smallest absolute Gasteiger partial charge is 0.137 e. The third-order valence-corrected chi connectivity index (χ3v) is 9.88. The van der Waals surface area contributed by atoms with E-state index in [1.54, 1.807) is 0 Å². The molecule has 0 saturated heterocycles. The SMILES string of the molecule is CC1(C)c2ccccc2-c2ccc(N(c3ccc(-c4ccccc4)cc3)c3cccc4oc5ccc(-c6ccccc6)cc5c34)cc21. The van der Waals surface area contributed by atoms with Crippen molar-refractivity contribution in [3.8, 4) is 33.4 Å². The van der Waals surface area contributed by atoms with Gasteiger partial charge >= 0.3 is 0 Å². The molecule has 0 atom stereocenters. The molecule has 0 amide bonds. The van der Waals surface area contributed by atoms with Gasteiger partial charge < -0.3 is 9.32 Å². The van der Waals surface area contributed by atoms with E-state index in [0.29, 0.717) is 0 Å². The number of rotatable bonds is 5. The highest BCUT2D eigenvalue weighted by molar-refractivity contribution is 6.14. The van der Waals surface area contributed by atoms with Crippen molar-refractivity contribution in [2.45, 2.75) is 19.3 Å². The Bertz CT molecular complexity index is 2420. The second-order valence-corrected chi connectivity index (χ2v) is 13.0. The third-order valence-electron chi connectivity index (χ3n) is 9.88. The second kappa shape index (κ2) is 10.6. The van der Waals surface area contributed by atoms with Crippen LogP contribution in [0.15, 0.2) is 168 Å². The molecule has 0 fully saturated rings. The molecule has 0 spiro atoms. The van der Waals surface area contributed by atoms with Gasteiger partial charge in [0, 0.05) is 22.2 Å². The van der Waals surface area contributed by atoms with Crippen LogP contribution in [0.25, 0.3) is 55.3 Å². The van der Waals surface area contributed by atoms with Gasteiger partial charge in [-0.25, -0.2) is 0 Å². The summed E-state index contributed by atoms with van der Waals surface area (Å²) in [7, 11) is 0. The Labute approximate surface area is 275 Å². The Morgan fingerprint density at radius 1 is 0.447 bits per heavy atom. The number of nitrogens with zero attached hydrogens (tertiary/aromatic N) is 1. The van der Waals surface area contributed by atoms with Gasteiger partial charge in [-0.05, 0) is 93.0 Å². The zero-order valence-electron chi connectivity index (χ0n) is 26.4. The van der Waals surface area contributed by atoms with Crippen molar-refractivity contribution >= 4 is 39.0 Å². The van der Waals surface area contributed by atoms with E-state index in [2.05, 4.69) is 183 Å². The minimum absolute atomic E-state index is 0.107. The molecule has 2 heteroatoms. The predicted molar refractivity (Wildman–Crippen MR) is 197 cm³/mol. The summed E-state index contributed by atoms with van der Waals surface area (Å²) in [5.41, 5.74) is 15.1. The largest absolute Gasteiger partial charge is 0.456 e. The second-order valence-electron chi connectivity index (χ2n) is 13.0. The first-order valence-electron chi connectivity index (χ1n) is 16.3. The standard InChI is InChI=1S/C45H33NO/c1-45(2)39-17-10-9-16-36(39)37-26-25-35(29-40(37)45)46(34-23-20-32(21-24-34)30-12-5-3-6-13-30)41-18-11-19-43-44(41)38-28-33(22-27-42(38)47-43)31-14-7-4-8-15-31/h3-29H,1-2H3. The molecule has 0 saturated carbocycles. The van der Waals surface area contributed by atoms with Crippen LogP contribution >= 0.6 is 0 Å². The lowest BCUT2D eigenvalue weighted by Gasteiger charge is -2.28. The third kappa shape index (κ3) is 4.40. The molecule has 1 aromatic heterocycles. The molecule has 1 aliphatic rings. The van der Waals surface area contributed by atoms with Gasteiger partial charge in [0.05, 0.1) is 11.1 Å². The summed E-state index contributed by atoms with van der Waals surface area (Å²) < 4.78 is 6.51. The number of fused-ring (bicyclic) bond motifs is 6. The van der Waals surface area contributed by atoms with Crippen molar-refractivity contribution in [3.63, 3.8) is 0 Å². The lowest BCUT2D eigenvalue weighted by Crippen LogP contribution is -2.16. The van der Waals surface area contributed by atoms with Gasteiger partial charge in [0.1, 0.15) is 11.2 Å². The van der Waals surface area contributed by atoms with E-state index in [1.807, 2.05) is 0 Å². The number of furan rings is 1. The molecule has 1 aliphatic carbocycles. The van der Waals surface area contributed by atoms with Gasteiger partial charge in [0.15, 0.2) is 0 Å². The monoisotopic (exact) mass is 603 g/mol. The molecule has 1 heterocycles. The van der Waals surface area contributed by atoms with Crippen molar-refractivity contribution in [1.29, 1.82) is 0 Å². The van der Waals surface area contributed by atoms with Crippen LogP contribution in [-0.2, 0) is 5.41 Å². The summed E-state index contributed by atoms with van der Waals surface area (Å²) in [6.45, 7) is 4.69. The minimum atomic E-state index is -0.107. The number of benzene rings is 7. The van der Waals surface area contributed by atoms with Crippen LogP contribution in [0.5, 0.6) is 0 Å². The zero-order valence-corrected chi connectivity index (χ0v) is 26.4. The molecule has 0 radical (unpaired) electrons. The molecule has 224 valence electrons. The van der Waals surface area contributed by atoms with Crippen LogP contribution in [0, 0.1) is 0 Å². The summed E-state index contributed by atoms with van der Waals surface area (Å²) in [6, 6.07) is 58.8. The Hall–Kier alpha value is -5.86. The van der Waals surface area contributed by atoms with E-state index < -0.39 is 0 Å². The average molecular weight is 604 g/mol. The summed E-state index contributed by atoms with van der Waals surface area (Å²) in [4.78, 5) is 2.40. The fourth-order valence-electron chi connectivity index (χ4n) is 7.50. The van der Waals surface area contributed by atoms with E-state index in [9.17, 15) is 0 Å². The van der Waals surface area contributed by atoms with Gasteiger partial charge in [-0.3, -0.25) is 0 Å². The van der Waals surface area contributed by atoms with Gasteiger partial charge in [-0.2, -0.15) is 0 Å². The van der Waals surface area contributed by atoms with Crippen LogP contribution in [-0.4, -0.2) is 0 Å². The minimum Gasteiger partial charge on any atom is -0.456 e. The van der Waals surface area contributed by atoms with Crippen molar-refractivity contribution in [3.05, 3.63) is 175 Å². The molecule has 9 rings (SSSR count). The summed E-state index contributed by atoms with van der Waals surface area (Å²) in [5, 5.41) is 2.22. The quantitative estimate of drug-likeness (QED) is 0.195. The van der Waals surface area contributed by atoms with Gasteiger partial charge in [0.25, 0.3) is 0 Å². The molecule has 2 nitrogen and oxygen atoms in total. The highest BCUT2D eigenvalue weighted by atomic mass is 16.3. The lowest BCUT2D eigenvalue weighted by molar-refractivity contribution is 0.660. The van der Waals surface area contributed by atoms with Gasteiger partial charge in [0.2, 0.25) is 0 Å². The van der Waals surface area contributed by atoms with E-state index in [-0.39, 0.29) is 5.41 Å². The maximum Gasteiger partial charge on any atom is 0.137 e. The maximum absolute atomic E-state index is 6.51. The first-order valence-corrected chi connectivity index (χ1v) is 16.3. The molecule has 0 aliphatic heterocycles. The molecule has 0 unspecified atom stereocenters. The molecule has 0 bridgehead atoms. The van der Waals surface area contributed by atoms with E-state index in [4.69, 9.17) is 4.42 Å². The van der Waals surface area contributed by atoms with E-state index in [0.717, 1.165) is 39.0 Å². The number of hydrogen-bond donors (Lipinski definition) is 0. The molecule has 47 heavy (non-hydrogen) atoms. The highest BCUT2D eigenvalue weighted by Gasteiger charge is 2.36. The first kappa shape index (κ1) is 27.5. The van der Waals surface area contributed by atoms with Crippen LogP contribution < -0.4 is 4.90 Å². The Morgan fingerprint density at radius 3 is 1.83 bits per heavy atom. The summed E-state index contributed by atoms with van der Waals surface area (Å²) >= 11 is 0. The predicted octanol–water partition coefficient (Wildman–Crippen LogP) is 12.7. The normalized spacial score (nSPS) is 13.1. The van der Waals surface area contributed by atoms with E-state index >= 15 is 0 Å². The Morgan fingerprint density at radius 2 is 1.06 bits per heavy atom. The lowest BCUT2D eigenvalue weighted by atomic mass is 9.82. The van der Waals surface area contributed by atoms with Crippen molar-refractivity contribution in [2.24, 2.45) is 0 Å². The van der Waals surface area contributed by atoms with Crippen LogP contribution in [0.1, 0.15) is 25.0 Å². The average Bonchev–Trinajstić information content (AvgIpc) is 3.61. The van der Waals surface area contributed by atoms with Crippen molar-refractivity contribution in [1.82, 2.24) is 0 Å². The zero-order chi connectivity index (χ0) is 31.5. The van der Waals surface area contributed by atoms with E-state index in [1.165, 1.54) is 44.5 Å². The highest BCUT2D eigenvalue weighted by Crippen LogP contribution is 2.51. The molecular weight excluding hydrogens is 571 g/mol. The molecule has 0 N–H and O–H groups in total. The van der Waals surface area contributed by atoms with Crippen LogP contribution in [0.2, 0.25) is 0 Å². The van der Waals surface area contributed by atoms with Crippen LogP contribution in [0.3, 0.4) is 0 Å². The molecule has 8 aromatic rings. The van der Waals surface area contributed by atoms with Crippen molar-refractivity contribution < 1.29 is 4.42 Å². The number of hydrogen-bond acceptors (Lipinski definition) is 2. The number of anilines is 3. The molecular formula is C45H33NO. The topological polar surface area (TPSA) is 16.4 Å². The summed E-state index contributed by atoms with van der Waals surface area (Å²) in [6.07, 6.45) is 0. The van der Waals surface area contributed by atoms with Gasteiger partial charge in [-0.1, -0.05) is 129 Å². The fourth-order valence-corrected chi connectivity index (χ4v) is 7.50. The van der Waals surface area contributed by atoms with Crippen LogP contribution in [0.4, 0.5) is 17.1 Å². The Balaban J connectivity index is 1.27. The van der Waals surface area contributed by atoms with Crippen molar-refractivity contribution in [2.75, 3.05) is 4.90 Å². The Kier molecular flexibility index (Phi) is 6.20. The fraction of sp³-hybridized carbons (Fsp3) is 0.0667. The summed E-state index contributed by atoms with van der Waals surface area (Å²) in [5.74, 6) is 0. The van der Waals surface area contributed by atoms with Gasteiger partial charge in [-0.15, -0.1) is 0 Å². The first-order chi connectivity index (χ1) is 23.1. The molecule has 7 aromatic carbocycles. The maximum atomic E-state index is 6.51.